The van der Waals surface area contributed by atoms with E-state index in [1.54, 1.807) is 4.68 Å². The average molecular weight is 471 g/mol. The minimum absolute atomic E-state index is 0.155. The number of aryl methyl sites for hydroxylation is 1. The third-order valence-electron chi connectivity index (χ3n) is 7.20. The smallest absolute Gasteiger partial charge is 0.306 e. The van der Waals surface area contributed by atoms with Gasteiger partial charge in [-0.3, -0.25) is 14.2 Å². The fraction of sp³-hybridized carbons (Fsp3) is 0.346. The maximum atomic E-state index is 11.6. The van der Waals surface area contributed by atoms with Crippen molar-refractivity contribution in [3.05, 3.63) is 61.4 Å². The molecule has 4 aromatic rings. The lowest BCUT2D eigenvalue weighted by Gasteiger charge is -2.44. The van der Waals surface area contributed by atoms with Crippen LogP contribution >= 0.6 is 0 Å². The zero-order valence-corrected chi connectivity index (χ0v) is 19.4. The molecule has 35 heavy (non-hydrogen) atoms. The molecule has 3 aromatic heterocycles. The van der Waals surface area contributed by atoms with Gasteiger partial charge >= 0.3 is 5.97 Å². The Morgan fingerprint density at radius 1 is 0.914 bits per heavy atom. The van der Waals surface area contributed by atoms with Crippen molar-refractivity contribution in [1.82, 2.24) is 29.5 Å². The van der Waals surface area contributed by atoms with Gasteiger partial charge in [0.05, 0.1) is 37.6 Å². The molecule has 0 spiro atoms. The lowest BCUT2D eigenvalue weighted by atomic mass is 9.71. The molecule has 9 heteroatoms. The first-order chi connectivity index (χ1) is 17.0. The fourth-order valence-corrected chi connectivity index (χ4v) is 5.51. The molecule has 178 valence electrons. The molecule has 1 aliphatic carbocycles. The molecule has 9 nitrogen and oxygen atoms in total. The predicted octanol–water partition coefficient (Wildman–Crippen LogP) is 3.71. The number of fused-ring (bicyclic) bond motifs is 2. The second-order valence-electron chi connectivity index (χ2n) is 9.54. The maximum Gasteiger partial charge on any atom is 0.306 e. The highest BCUT2D eigenvalue weighted by Crippen LogP contribution is 2.44. The quantitative estimate of drug-likeness (QED) is 0.474. The molecule has 4 heterocycles. The van der Waals surface area contributed by atoms with Crippen LogP contribution in [0, 0.1) is 17.8 Å². The molecule has 2 unspecified atom stereocenters. The van der Waals surface area contributed by atoms with Gasteiger partial charge in [0, 0.05) is 65.9 Å². The Kier molecular flexibility index (Phi) is 5.41. The number of benzene rings is 1. The average Bonchev–Trinajstić information content (AvgIpc) is 3.53. The first-order valence-electron chi connectivity index (χ1n) is 11.8. The topological polar surface area (TPSA) is 108 Å². The van der Waals surface area contributed by atoms with Gasteiger partial charge in [-0.1, -0.05) is 18.2 Å². The molecule has 1 aliphatic heterocycles. The highest BCUT2D eigenvalue weighted by molar-refractivity contribution is 5.71. The van der Waals surface area contributed by atoms with Gasteiger partial charge in [0.1, 0.15) is 0 Å². The third-order valence-corrected chi connectivity index (χ3v) is 7.20. The van der Waals surface area contributed by atoms with Crippen molar-refractivity contribution >= 4 is 5.97 Å². The Hall–Kier alpha value is -3.85. The lowest BCUT2D eigenvalue weighted by Crippen LogP contribution is -2.45. The zero-order chi connectivity index (χ0) is 23.9. The van der Waals surface area contributed by atoms with Crippen molar-refractivity contribution in [2.45, 2.75) is 18.9 Å². The van der Waals surface area contributed by atoms with E-state index in [0.717, 1.165) is 27.8 Å². The van der Waals surface area contributed by atoms with E-state index in [-0.39, 0.29) is 23.8 Å². The molecular formula is C26H26N6O3. The van der Waals surface area contributed by atoms with Gasteiger partial charge in [-0.05, 0) is 24.5 Å². The van der Waals surface area contributed by atoms with Crippen LogP contribution in [0.3, 0.4) is 0 Å². The molecule has 1 aromatic carbocycles. The van der Waals surface area contributed by atoms with E-state index < -0.39 is 5.97 Å². The van der Waals surface area contributed by atoms with Gasteiger partial charge in [0.2, 0.25) is 0 Å². The first-order valence-corrected chi connectivity index (χ1v) is 11.8. The van der Waals surface area contributed by atoms with E-state index in [1.165, 1.54) is 0 Å². The highest BCUT2D eigenvalue weighted by atomic mass is 16.5. The summed E-state index contributed by atoms with van der Waals surface area (Å²) in [5.41, 5.74) is 4.89. The number of carbonyl (C=O) groups is 1. The number of carboxylic acids is 1. The van der Waals surface area contributed by atoms with Crippen LogP contribution in [0.1, 0.15) is 18.9 Å². The van der Waals surface area contributed by atoms with E-state index in [2.05, 4.69) is 26.2 Å². The summed E-state index contributed by atoms with van der Waals surface area (Å²) in [5.74, 6) is -0.0304. The molecule has 6 rings (SSSR count). The minimum atomic E-state index is -0.704. The fourth-order valence-electron chi connectivity index (χ4n) is 5.51. The van der Waals surface area contributed by atoms with E-state index >= 15 is 0 Å². The summed E-state index contributed by atoms with van der Waals surface area (Å²) in [5, 5.41) is 18.4. The van der Waals surface area contributed by atoms with Gasteiger partial charge in [-0.15, -0.1) is 0 Å². The molecular weight excluding hydrogens is 444 g/mol. The Balaban J connectivity index is 1.22. The molecule has 0 amide bonds. The van der Waals surface area contributed by atoms with Crippen molar-refractivity contribution < 1.29 is 14.6 Å². The van der Waals surface area contributed by atoms with Crippen LogP contribution in [0.5, 0.6) is 0 Å². The van der Waals surface area contributed by atoms with Gasteiger partial charge < -0.3 is 9.84 Å². The summed E-state index contributed by atoms with van der Waals surface area (Å²) in [7, 11) is 1.90. The van der Waals surface area contributed by atoms with Crippen LogP contribution in [0.4, 0.5) is 0 Å². The Bertz CT molecular complexity index is 1350. The molecule has 1 N–H and O–H groups in total. The van der Waals surface area contributed by atoms with Crippen molar-refractivity contribution in [2.24, 2.45) is 24.8 Å². The summed E-state index contributed by atoms with van der Waals surface area (Å²) < 4.78 is 9.52. The standard InChI is InChI=1S/C26H26N6O3/c1-31-12-22(10-29-31)16-3-2-4-17(5-16)25-27-8-21(9-28-25)23-11-30-32(13-23)24-19-6-18(26(33)34)7-20(24)15-35-14-19/h2-5,8-13,18-20,24H,6-7,14-15H2,1H3,(H,33,34). The summed E-state index contributed by atoms with van der Waals surface area (Å²) in [6, 6.07) is 8.27. The van der Waals surface area contributed by atoms with Crippen LogP contribution < -0.4 is 0 Å². The van der Waals surface area contributed by atoms with Crippen molar-refractivity contribution in [3.63, 3.8) is 0 Å². The van der Waals surface area contributed by atoms with Gasteiger partial charge in [0.15, 0.2) is 5.82 Å². The molecule has 1 saturated carbocycles. The first kappa shape index (κ1) is 21.7. The van der Waals surface area contributed by atoms with Gasteiger partial charge in [-0.2, -0.15) is 10.2 Å². The number of aromatic nitrogens is 6. The number of rotatable bonds is 5. The minimum Gasteiger partial charge on any atom is -0.481 e. The van der Waals surface area contributed by atoms with Crippen LogP contribution in [-0.2, 0) is 16.6 Å². The van der Waals surface area contributed by atoms with E-state index in [9.17, 15) is 9.90 Å². The summed E-state index contributed by atoms with van der Waals surface area (Å²) >= 11 is 0. The van der Waals surface area contributed by atoms with Crippen molar-refractivity contribution in [2.75, 3.05) is 13.2 Å². The molecule has 1 saturated heterocycles. The summed E-state index contributed by atoms with van der Waals surface area (Å²) in [4.78, 5) is 20.8. The Labute approximate surface area is 202 Å². The molecule has 2 fully saturated rings. The second kappa shape index (κ2) is 8.74. The van der Waals surface area contributed by atoms with Gasteiger partial charge in [-0.25, -0.2) is 9.97 Å². The number of ether oxygens (including phenoxy) is 1. The zero-order valence-electron chi connectivity index (χ0n) is 19.4. The highest BCUT2D eigenvalue weighted by Gasteiger charge is 2.44. The monoisotopic (exact) mass is 470 g/mol. The SMILES string of the molecule is Cn1cc(-c2cccc(-c3ncc(-c4cnn(C5C6COCC5CC(C(=O)O)C6)c4)cn3)c2)cn1. The summed E-state index contributed by atoms with van der Waals surface area (Å²) in [6.07, 6.45) is 12.6. The van der Waals surface area contributed by atoms with Crippen molar-refractivity contribution in [1.29, 1.82) is 0 Å². The van der Waals surface area contributed by atoms with Crippen LogP contribution in [0.2, 0.25) is 0 Å². The number of hydrogen-bond donors (Lipinski definition) is 1. The van der Waals surface area contributed by atoms with Crippen LogP contribution in [0.15, 0.2) is 61.4 Å². The van der Waals surface area contributed by atoms with E-state index in [0.29, 0.717) is 31.9 Å². The Morgan fingerprint density at radius 2 is 1.60 bits per heavy atom. The van der Waals surface area contributed by atoms with Crippen LogP contribution in [0.25, 0.3) is 33.6 Å². The lowest BCUT2D eigenvalue weighted by molar-refractivity contribution is -0.149. The second-order valence-corrected chi connectivity index (χ2v) is 9.54. The molecule has 2 bridgehead atoms. The van der Waals surface area contributed by atoms with Crippen LogP contribution in [-0.4, -0.2) is 53.8 Å². The van der Waals surface area contributed by atoms with Gasteiger partial charge in [0.25, 0.3) is 0 Å². The number of nitrogens with zero attached hydrogens (tertiary/aromatic N) is 6. The number of hydrogen-bond acceptors (Lipinski definition) is 6. The summed E-state index contributed by atoms with van der Waals surface area (Å²) in [6.45, 7) is 1.16. The molecule has 0 radical (unpaired) electrons. The molecule has 2 aliphatic rings. The van der Waals surface area contributed by atoms with E-state index in [4.69, 9.17) is 4.74 Å². The Morgan fingerprint density at radius 3 is 2.29 bits per heavy atom. The van der Waals surface area contributed by atoms with E-state index in [1.807, 2.05) is 67.1 Å². The number of aliphatic carboxylic acids is 1. The van der Waals surface area contributed by atoms with Crippen molar-refractivity contribution in [3.8, 4) is 33.6 Å². The number of carboxylic acid groups (broad SMARTS) is 1. The molecule has 2 atom stereocenters. The third kappa shape index (κ3) is 4.12. The maximum absolute atomic E-state index is 11.6. The normalized spacial score (nSPS) is 23.8. The predicted molar refractivity (Wildman–Crippen MR) is 128 cm³/mol. The largest absolute Gasteiger partial charge is 0.481 e.